The lowest BCUT2D eigenvalue weighted by Gasteiger charge is -2.14. The maximum Gasteiger partial charge on any atom is 0.306 e. The number of carboxylic acids is 1. The third kappa shape index (κ3) is 1.71. The predicted molar refractivity (Wildman–Crippen MR) is 42.0 cm³/mol. The summed E-state index contributed by atoms with van der Waals surface area (Å²) in [6.45, 7) is 4.06. The highest BCUT2D eigenvalue weighted by Crippen LogP contribution is 2.42. The highest BCUT2D eigenvalue weighted by Gasteiger charge is 2.47. The quantitative estimate of drug-likeness (QED) is 0.633. The van der Waals surface area contributed by atoms with Gasteiger partial charge in [-0.05, 0) is 18.3 Å². The van der Waals surface area contributed by atoms with E-state index in [-0.39, 0.29) is 17.9 Å². The molecule has 1 aliphatic rings. The molecule has 1 aliphatic carbocycles. The Bertz CT molecular complexity index is 167. The lowest BCUT2D eigenvalue weighted by atomic mass is 9.99. The number of rotatable bonds is 3. The second kappa shape index (κ2) is 2.81. The third-order valence-corrected chi connectivity index (χ3v) is 2.42. The van der Waals surface area contributed by atoms with Gasteiger partial charge in [0.15, 0.2) is 0 Å². The first-order valence-corrected chi connectivity index (χ1v) is 4.02. The highest BCUT2D eigenvalue weighted by molar-refractivity contribution is 5.73. The van der Waals surface area contributed by atoms with Crippen molar-refractivity contribution in [2.75, 3.05) is 0 Å². The maximum atomic E-state index is 10.4. The number of carbonyl (C=O) groups is 1. The molecule has 3 heteroatoms. The molecule has 0 amide bonds. The predicted octanol–water partition coefficient (Wildman–Crippen LogP) is 0.690. The minimum atomic E-state index is -0.689. The number of hydrogen-bond acceptors (Lipinski definition) is 2. The number of aliphatic carboxylic acids is 1. The molecule has 3 nitrogen and oxygen atoms in total. The van der Waals surface area contributed by atoms with E-state index in [2.05, 4.69) is 0 Å². The molecule has 0 aromatic heterocycles. The van der Waals surface area contributed by atoms with Gasteiger partial charge in [0.25, 0.3) is 0 Å². The van der Waals surface area contributed by atoms with Gasteiger partial charge in [-0.15, -0.1) is 0 Å². The monoisotopic (exact) mass is 157 g/mol. The summed E-state index contributed by atoms with van der Waals surface area (Å²) in [5, 5.41) is 8.60. The zero-order valence-corrected chi connectivity index (χ0v) is 6.95. The zero-order valence-electron chi connectivity index (χ0n) is 6.95. The first kappa shape index (κ1) is 8.53. The minimum absolute atomic E-state index is 0.0658. The van der Waals surface area contributed by atoms with Crippen LogP contribution in [0.3, 0.4) is 0 Å². The zero-order chi connectivity index (χ0) is 8.59. The van der Waals surface area contributed by atoms with E-state index in [4.69, 9.17) is 10.8 Å². The molecule has 1 rings (SSSR count). The Morgan fingerprint density at radius 3 is 2.45 bits per heavy atom. The van der Waals surface area contributed by atoms with Gasteiger partial charge in [-0.25, -0.2) is 0 Å². The summed E-state index contributed by atoms with van der Waals surface area (Å²) in [5.41, 5.74) is 5.79. The van der Waals surface area contributed by atoms with Gasteiger partial charge in [0.05, 0.1) is 5.92 Å². The number of hydrogen-bond donors (Lipinski definition) is 2. The van der Waals surface area contributed by atoms with Crippen molar-refractivity contribution in [3.8, 4) is 0 Å². The van der Waals surface area contributed by atoms with Gasteiger partial charge >= 0.3 is 5.97 Å². The van der Waals surface area contributed by atoms with Crippen LogP contribution in [0.2, 0.25) is 0 Å². The summed E-state index contributed by atoms with van der Waals surface area (Å²) in [6.07, 6.45) is 0.772. The Kier molecular flexibility index (Phi) is 2.18. The van der Waals surface area contributed by atoms with Crippen LogP contribution in [0.1, 0.15) is 20.3 Å². The van der Waals surface area contributed by atoms with Crippen LogP contribution in [-0.2, 0) is 4.79 Å². The number of nitrogens with two attached hydrogens (primary N) is 1. The van der Waals surface area contributed by atoms with Gasteiger partial charge in [0.1, 0.15) is 0 Å². The van der Waals surface area contributed by atoms with Crippen molar-refractivity contribution >= 4 is 5.97 Å². The van der Waals surface area contributed by atoms with Crippen molar-refractivity contribution in [1.82, 2.24) is 0 Å². The van der Waals surface area contributed by atoms with E-state index in [0.29, 0.717) is 5.92 Å². The largest absolute Gasteiger partial charge is 0.481 e. The van der Waals surface area contributed by atoms with Crippen LogP contribution in [0.5, 0.6) is 0 Å². The van der Waals surface area contributed by atoms with Crippen LogP contribution in [0.4, 0.5) is 0 Å². The van der Waals surface area contributed by atoms with E-state index in [1.807, 2.05) is 13.8 Å². The molecule has 0 aliphatic heterocycles. The van der Waals surface area contributed by atoms with Gasteiger partial charge in [-0.3, -0.25) is 4.79 Å². The van der Waals surface area contributed by atoms with Crippen LogP contribution in [-0.4, -0.2) is 17.1 Å². The molecular formula is C8H15NO2. The normalized spacial score (nSPS) is 32.0. The number of carboxylic acid groups (broad SMARTS) is 1. The molecule has 0 aromatic carbocycles. The lowest BCUT2D eigenvalue weighted by Crippen LogP contribution is -2.30. The molecule has 0 radical (unpaired) electrons. The molecule has 3 N–H and O–H groups in total. The molecule has 3 unspecified atom stereocenters. The first-order valence-electron chi connectivity index (χ1n) is 4.02. The fraction of sp³-hybridized carbons (Fsp3) is 0.875. The van der Waals surface area contributed by atoms with Crippen molar-refractivity contribution in [2.45, 2.75) is 26.3 Å². The fourth-order valence-corrected chi connectivity index (χ4v) is 1.42. The molecule has 0 heterocycles. The smallest absolute Gasteiger partial charge is 0.306 e. The van der Waals surface area contributed by atoms with Gasteiger partial charge in [0.2, 0.25) is 0 Å². The van der Waals surface area contributed by atoms with E-state index in [1.165, 1.54) is 0 Å². The van der Waals surface area contributed by atoms with Crippen molar-refractivity contribution in [1.29, 1.82) is 0 Å². The van der Waals surface area contributed by atoms with E-state index in [9.17, 15) is 4.79 Å². The topological polar surface area (TPSA) is 63.3 Å². The molecule has 64 valence electrons. The Hall–Kier alpha value is -0.570. The minimum Gasteiger partial charge on any atom is -0.481 e. The van der Waals surface area contributed by atoms with E-state index in [0.717, 1.165) is 6.42 Å². The molecule has 1 fully saturated rings. The van der Waals surface area contributed by atoms with Gasteiger partial charge < -0.3 is 10.8 Å². The molecule has 11 heavy (non-hydrogen) atoms. The van der Waals surface area contributed by atoms with Gasteiger partial charge in [0, 0.05) is 6.04 Å². The van der Waals surface area contributed by atoms with Crippen LogP contribution in [0.15, 0.2) is 0 Å². The van der Waals surface area contributed by atoms with Crippen LogP contribution >= 0.6 is 0 Å². The van der Waals surface area contributed by atoms with Crippen LogP contribution in [0.25, 0.3) is 0 Å². The average molecular weight is 157 g/mol. The van der Waals surface area contributed by atoms with Crippen molar-refractivity contribution in [3.63, 3.8) is 0 Å². The summed E-state index contributed by atoms with van der Waals surface area (Å²) in [6, 6.07) is 0.0658. The molecule has 0 spiro atoms. The summed E-state index contributed by atoms with van der Waals surface area (Å²) < 4.78 is 0. The Labute approximate surface area is 66.6 Å². The molecule has 0 bridgehead atoms. The Morgan fingerprint density at radius 2 is 2.18 bits per heavy atom. The van der Waals surface area contributed by atoms with Crippen molar-refractivity contribution < 1.29 is 9.90 Å². The van der Waals surface area contributed by atoms with E-state index in [1.54, 1.807) is 0 Å². The summed E-state index contributed by atoms with van der Waals surface area (Å²) >= 11 is 0. The summed E-state index contributed by atoms with van der Waals surface area (Å²) in [7, 11) is 0. The molecule has 0 aromatic rings. The Balaban J connectivity index is 2.37. The van der Waals surface area contributed by atoms with Gasteiger partial charge in [-0.1, -0.05) is 13.8 Å². The molecule has 0 saturated heterocycles. The maximum absolute atomic E-state index is 10.4. The van der Waals surface area contributed by atoms with E-state index >= 15 is 0 Å². The van der Waals surface area contributed by atoms with Crippen molar-refractivity contribution in [3.05, 3.63) is 0 Å². The standard InChI is InChI=1S/C8H15NO2/c1-4(2)7(9)5-3-6(5)8(10)11/h4-7H,3,9H2,1-2H3,(H,10,11). The second-order valence-corrected chi connectivity index (χ2v) is 3.67. The lowest BCUT2D eigenvalue weighted by molar-refractivity contribution is -0.138. The molecule has 3 atom stereocenters. The summed E-state index contributed by atoms with van der Waals surface area (Å²) in [4.78, 5) is 10.4. The second-order valence-electron chi connectivity index (χ2n) is 3.67. The van der Waals surface area contributed by atoms with Crippen molar-refractivity contribution in [2.24, 2.45) is 23.5 Å². The molecule has 1 saturated carbocycles. The fourth-order valence-electron chi connectivity index (χ4n) is 1.42. The average Bonchev–Trinajstić information content (AvgIpc) is 2.63. The van der Waals surface area contributed by atoms with Gasteiger partial charge in [-0.2, -0.15) is 0 Å². The highest BCUT2D eigenvalue weighted by atomic mass is 16.4. The molecular weight excluding hydrogens is 142 g/mol. The Morgan fingerprint density at radius 1 is 1.64 bits per heavy atom. The van der Waals surface area contributed by atoms with E-state index < -0.39 is 5.97 Å². The summed E-state index contributed by atoms with van der Waals surface area (Å²) in [5.74, 6) is -0.227. The van der Waals surface area contributed by atoms with Crippen LogP contribution in [0, 0.1) is 17.8 Å². The van der Waals surface area contributed by atoms with Crippen LogP contribution < -0.4 is 5.73 Å². The third-order valence-electron chi connectivity index (χ3n) is 2.42. The SMILES string of the molecule is CC(C)C(N)C1CC1C(=O)O. The first-order chi connectivity index (χ1) is 5.04.